The van der Waals surface area contributed by atoms with Crippen molar-refractivity contribution in [1.82, 2.24) is 19.7 Å². The molecule has 35 heavy (non-hydrogen) atoms. The zero-order valence-corrected chi connectivity index (χ0v) is 22.0. The highest BCUT2D eigenvalue weighted by Gasteiger charge is 2.22. The lowest BCUT2D eigenvalue weighted by molar-refractivity contribution is 0.731. The smallest absolute Gasteiger partial charge is 0.263 e. The van der Waals surface area contributed by atoms with E-state index in [1.54, 1.807) is 24.3 Å². The molecule has 5 rings (SSSR count). The van der Waals surface area contributed by atoms with Crippen LogP contribution in [0.5, 0.6) is 0 Å². The fourth-order valence-corrected chi connectivity index (χ4v) is 5.73. The average molecular weight is 584 g/mol. The summed E-state index contributed by atoms with van der Waals surface area (Å²) >= 11 is 17.8. The molecule has 3 aromatic carbocycles. The molecule has 0 bridgehead atoms. The molecule has 2 heterocycles. The first-order chi connectivity index (χ1) is 17.0. The van der Waals surface area contributed by atoms with Crippen molar-refractivity contribution < 1.29 is 0 Å². The number of H-pyrrole nitrogens is 1. The minimum absolute atomic E-state index is 0.254. The molecule has 0 fully saturated rings. The van der Waals surface area contributed by atoms with Gasteiger partial charge in [-0.05, 0) is 42.1 Å². The van der Waals surface area contributed by atoms with Gasteiger partial charge in [-0.15, -0.1) is 16.8 Å². The summed E-state index contributed by atoms with van der Waals surface area (Å²) in [6, 6.07) is 20.6. The molecule has 0 amide bonds. The van der Waals surface area contributed by atoms with E-state index in [1.807, 2.05) is 53.1 Å². The van der Waals surface area contributed by atoms with Crippen LogP contribution in [-0.4, -0.2) is 19.7 Å². The van der Waals surface area contributed by atoms with E-state index in [2.05, 4.69) is 37.7 Å². The third-order valence-electron chi connectivity index (χ3n) is 5.41. The molecule has 0 unspecified atom stereocenters. The Morgan fingerprint density at radius 2 is 1.77 bits per heavy atom. The molecular formula is C26H17BrCl2N4OS. The van der Waals surface area contributed by atoms with Gasteiger partial charge in [0.15, 0.2) is 11.0 Å². The Morgan fingerprint density at radius 3 is 2.51 bits per heavy atom. The van der Waals surface area contributed by atoms with Crippen molar-refractivity contribution in [1.29, 1.82) is 0 Å². The largest absolute Gasteiger partial charge is 0.321 e. The maximum atomic E-state index is 13.4. The first-order valence-corrected chi connectivity index (χ1v) is 12.9. The zero-order valence-electron chi connectivity index (χ0n) is 18.1. The Morgan fingerprint density at radius 1 is 1.03 bits per heavy atom. The SMILES string of the molecule is C=CCn1c(Sc2c(-c3ccccc3Cl)c3cc(Cl)ccc3[nH]c2=O)nnc1-c1ccccc1Br. The predicted octanol–water partition coefficient (Wildman–Crippen LogP) is 7.86. The van der Waals surface area contributed by atoms with Gasteiger partial charge in [0.05, 0.1) is 4.90 Å². The fourth-order valence-electron chi connectivity index (χ4n) is 3.87. The molecule has 0 aliphatic rings. The minimum atomic E-state index is -0.254. The van der Waals surface area contributed by atoms with Gasteiger partial charge in [-0.25, -0.2) is 0 Å². The number of pyridine rings is 1. The van der Waals surface area contributed by atoms with Crippen molar-refractivity contribution in [2.24, 2.45) is 0 Å². The number of rotatable bonds is 6. The van der Waals surface area contributed by atoms with E-state index < -0.39 is 0 Å². The van der Waals surface area contributed by atoms with E-state index in [-0.39, 0.29) is 5.56 Å². The Bertz CT molecular complexity index is 1650. The van der Waals surface area contributed by atoms with E-state index in [1.165, 1.54) is 11.8 Å². The van der Waals surface area contributed by atoms with Crippen LogP contribution in [0.1, 0.15) is 0 Å². The van der Waals surface area contributed by atoms with E-state index >= 15 is 0 Å². The van der Waals surface area contributed by atoms with Crippen molar-refractivity contribution in [3.63, 3.8) is 0 Å². The second-order valence-electron chi connectivity index (χ2n) is 7.62. The van der Waals surface area contributed by atoms with Gasteiger partial charge in [0.1, 0.15) is 0 Å². The Labute approximate surface area is 223 Å². The molecule has 2 aromatic heterocycles. The molecule has 5 nitrogen and oxygen atoms in total. The molecule has 1 N–H and O–H groups in total. The molecule has 0 aliphatic heterocycles. The summed E-state index contributed by atoms with van der Waals surface area (Å²) in [7, 11) is 0. The Hall–Kier alpha value is -2.84. The fraction of sp³-hybridized carbons (Fsp3) is 0.0385. The third-order valence-corrected chi connectivity index (χ3v) is 7.75. The highest BCUT2D eigenvalue weighted by molar-refractivity contribution is 9.10. The lowest BCUT2D eigenvalue weighted by atomic mass is 10.0. The van der Waals surface area contributed by atoms with Gasteiger partial charge < -0.3 is 4.98 Å². The van der Waals surface area contributed by atoms with Gasteiger partial charge in [0.25, 0.3) is 5.56 Å². The summed E-state index contributed by atoms with van der Waals surface area (Å²) in [4.78, 5) is 16.8. The van der Waals surface area contributed by atoms with Gasteiger partial charge in [-0.3, -0.25) is 9.36 Å². The van der Waals surface area contributed by atoms with Crippen molar-refractivity contribution in [3.05, 3.63) is 104 Å². The van der Waals surface area contributed by atoms with E-state index in [0.717, 1.165) is 21.0 Å². The first kappa shape index (κ1) is 23.9. The average Bonchev–Trinajstić information content (AvgIpc) is 3.23. The quantitative estimate of drug-likeness (QED) is 0.207. The second kappa shape index (κ2) is 10.0. The van der Waals surface area contributed by atoms with Crippen LogP contribution in [0.2, 0.25) is 10.0 Å². The van der Waals surface area contributed by atoms with Gasteiger partial charge in [0, 0.05) is 48.7 Å². The van der Waals surface area contributed by atoms with Crippen LogP contribution in [-0.2, 0) is 6.54 Å². The number of halogens is 3. The second-order valence-corrected chi connectivity index (χ2v) is 10.3. The maximum absolute atomic E-state index is 13.4. The highest BCUT2D eigenvalue weighted by atomic mass is 79.9. The summed E-state index contributed by atoms with van der Waals surface area (Å²) in [5.74, 6) is 0.666. The minimum Gasteiger partial charge on any atom is -0.321 e. The number of hydrogen-bond acceptors (Lipinski definition) is 4. The van der Waals surface area contributed by atoms with Crippen LogP contribution < -0.4 is 5.56 Å². The van der Waals surface area contributed by atoms with Gasteiger partial charge in [-0.2, -0.15) is 0 Å². The lowest BCUT2D eigenvalue weighted by Crippen LogP contribution is -2.11. The number of nitrogens with one attached hydrogen (secondary N) is 1. The predicted molar refractivity (Wildman–Crippen MR) is 148 cm³/mol. The van der Waals surface area contributed by atoms with E-state index in [9.17, 15) is 4.79 Å². The van der Waals surface area contributed by atoms with Crippen LogP contribution in [0.15, 0.2) is 98.7 Å². The monoisotopic (exact) mass is 582 g/mol. The summed E-state index contributed by atoms with van der Waals surface area (Å²) in [6.07, 6.45) is 1.77. The maximum Gasteiger partial charge on any atom is 0.263 e. The summed E-state index contributed by atoms with van der Waals surface area (Å²) < 4.78 is 2.82. The van der Waals surface area contributed by atoms with Gasteiger partial charge in [0.2, 0.25) is 0 Å². The summed E-state index contributed by atoms with van der Waals surface area (Å²) in [5.41, 5.74) is 2.72. The molecule has 0 saturated heterocycles. The molecule has 0 atom stereocenters. The van der Waals surface area contributed by atoms with Crippen molar-refractivity contribution in [2.45, 2.75) is 16.6 Å². The third kappa shape index (κ3) is 4.57. The molecule has 0 aliphatic carbocycles. The van der Waals surface area contributed by atoms with Gasteiger partial charge in [-0.1, -0.05) is 81.6 Å². The first-order valence-electron chi connectivity index (χ1n) is 10.5. The molecule has 9 heteroatoms. The Balaban J connectivity index is 1.75. The van der Waals surface area contributed by atoms with Crippen molar-refractivity contribution >= 4 is 61.8 Å². The molecule has 0 saturated carbocycles. The molecule has 174 valence electrons. The topological polar surface area (TPSA) is 63.6 Å². The molecular weight excluding hydrogens is 567 g/mol. The van der Waals surface area contributed by atoms with E-state index in [0.29, 0.717) is 43.5 Å². The van der Waals surface area contributed by atoms with E-state index in [4.69, 9.17) is 23.2 Å². The van der Waals surface area contributed by atoms with Crippen LogP contribution in [0.3, 0.4) is 0 Å². The number of aromatic nitrogens is 4. The number of hydrogen-bond donors (Lipinski definition) is 1. The number of allylic oxidation sites excluding steroid dienone is 1. The molecule has 0 spiro atoms. The van der Waals surface area contributed by atoms with Crippen LogP contribution >= 0.6 is 50.9 Å². The molecule has 0 radical (unpaired) electrons. The number of fused-ring (bicyclic) bond motifs is 1. The highest BCUT2D eigenvalue weighted by Crippen LogP contribution is 2.41. The number of benzene rings is 3. The van der Waals surface area contributed by atoms with Crippen molar-refractivity contribution in [2.75, 3.05) is 0 Å². The van der Waals surface area contributed by atoms with Crippen molar-refractivity contribution in [3.8, 4) is 22.5 Å². The summed E-state index contributed by atoms with van der Waals surface area (Å²) in [6.45, 7) is 4.35. The van der Waals surface area contributed by atoms with Crippen LogP contribution in [0.25, 0.3) is 33.4 Å². The Kier molecular flexibility index (Phi) is 6.84. The standard InChI is InChI=1S/C26H17BrCl2N4OS/c1-2-13-33-24(16-7-3-5-9-19(16)27)31-32-26(33)35-23-22(17-8-4-6-10-20(17)29)18-14-15(28)11-12-21(18)30-25(23)34/h2-12,14H,1,13H2,(H,30,34). The number of nitrogens with zero attached hydrogens (tertiary/aromatic N) is 3. The molecule has 5 aromatic rings. The van der Waals surface area contributed by atoms with Gasteiger partial charge >= 0.3 is 0 Å². The zero-order chi connectivity index (χ0) is 24.5. The van der Waals surface area contributed by atoms with Crippen LogP contribution in [0, 0.1) is 0 Å². The lowest BCUT2D eigenvalue weighted by Gasteiger charge is -2.14. The van der Waals surface area contributed by atoms with Crippen LogP contribution in [0.4, 0.5) is 0 Å². The normalized spacial score (nSPS) is 11.2. The number of aromatic amines is 1. The summed E-state index contributed by atoms with van der Waals surface area (Å²) in [5, 5.41) is 11.3.